The van der Waals surface area contributed by atoms with E-state index in [-0.39, 0.29) is 5.82 Å². The van der Waals surface area contributed by atoms with Crippen LogP contribution in [0.4, 0.5) is 10.2 Å². The molecule has 0 fully saturated rings. The van der Waals surface area contributed by atoms with Crippen molar-refractivity contribution in [1.29, 1.82) is 0 Å². The van der Waals surface area contributed by atoms with Crippen LogP contribution in [0, 0.1) is 9.39 Å². The second-order valence-corrected chi connectivity index (χ2v) is 4.59. The first kappa shape index (κ1) is 12.2. The Morgan fingerprint density at radius 1 is 1.41 bits per heavy atom. The summed E-state index contributed by atoms with van der Waals surface area (Å²) in [5.74, 6) is 1.03. The second kappa shape index (κ2) is 5.39. The highest BCUT2D eigenvalue weighted by atomic mass is 127. The van der Waals surface area contributed by atoms with Crippen LogP contribution in [0.25, 0.3) is 11.4 Å². The van der Waals surface area contributed by atoms with Gasteiger partial charge in [0.15, 0.2) is 5.82 Å². The average molecular weight is 343 g/mol. The van der Waals surface area contributed by atoms with E-state index in [1.165, 1.54) is 12.1 Å². The first-order valence-corrected chi connectivity index (χ1v) is 6.31. The van der Waals surface area contributed by atoms with Gasteiger partial charge in [0, 0.05) is 18.3 Å². The molecule has 0 bridgehead atoms. The molecular weight excluding hydrogens is 332 g/mol. The van der Waals surface area contributed by atoms with Gasteiger partial charge < -0.3 is 5.32 Å². The van der Waals surface area contributed by atoms with Gasteiger partial charge in [-0.1, -0.05) is 12.1 Å². The molecule has 0 aliphatic rings. The van der Waals surface area contributed by atoms with Gasteiger partial charge in [0.2, 0.25) is 0 Å². The SMILES string of the molecule is CCNc1nc(-c2cccc(F)c2)ncc1I. The monoisotopic (exact) mass is 343 g/mol. The summed E-state index contributed by atoms with van der Waals surface area (Å²) >= 11 is 2.16. The van der Waals surface area contributed by atoms with E-state index < -0.39 is 0 Å². The summed E-state index contributed by atoms with van der Waals surface area (Å²) in [5, 5.41) is 3.15. The molecule has 88 valence electrons. The van der Waals surface area contributed by atoms with Crippen molar-refractivity contribution >= 4 is 28.4 Å². The van der Waals surface area contributed by atoms with Crippen LogP contribution in [0.3, 0.4) is 0 Å². The molecule has 0 radical (unpaired) electrons. The van der Waals surface area contributed by atoms with Gasteiger partial charge in [-0.25, -0.2) is 14.4 Å². The number of nitrogens with zero attached hydrogens (tertiary/aromatic N) is 2. The second-order valence-electron chi connectivity index (χ2n) is 3.43. The number of nitrogens with one attached hydrogen (secondary N) is 1. The molecule has 0 saturated heterocycles. The van der Waals surface area contributed by atoms with Crippen LogP contribution in [0.5, 0.6) is 0 Å². The highest BCUT2D eigenvalue weighted by Crippen LogP contribution is 2.20. The summed E-state index contributed by atoms with van der Waals surface area (Å²) in [5.41, 5.74) is 0.681. The fourth-order valence-corrected chi connectivity index (χ4v) is 1.88. The van der Waals surface area contributed by atoms with E-state index in [2.05, 4.69) is 37.9 Å². The number of halogens is 2. The summed E-state index contributed by atoms with van der Waals surface area (Å²) in [6.45, 7) is 2.79. The summed E-state index contributed by atoms with van der Waals surface area (Å²) in [6, 6.07) is 6.28. The minimum absolute atomic E-state index is 0.283. The number of aromatic nitrogens is 2. The Labute approximate surface area is 113 Å². The lowest BCUT2D eigenvalue weighted by Gasteiger charge is -2.07. The van der Waals surface area contributed by atoms with Crippen molar-refractivity contribution in [3.8, 4) is 11.4 Å². The Morgan fingerprint density at radius 3 is 2.94 bits per heavy atom. The van der Waals surface area contributed by atoms with Crippen molar-refractivity contribution in [2.45, 2.75) is 6.92 Å². The third-order valence-electron chi connectivity index (χ3n) is 2.17. The fourth-order valence-electron chi connectivity index (χ4n) is 1.43. The van der Waals surface area contributed by atoms with Gasteiger partial charge in [-0.05, 0) is 41.6 Å². The minimum Gasteiger partial charge on any atom is -0.369 e. The number of hydrogen-bond donors (Lipinski definition) is 1. The molecule has 2 rings (SSSR count). The number of benzene rings is 1. The molecule has 2 aromatic rings. The largest absolute Gasteiger partial charge is 0.369 e. The van der Waals surface area contributed by atoms with Crippen molar-refractivity contribution in [3.05, 3.63) is 39.8 Å². The Balaban J connectivity index is 2.42. The average Bonchev–Trinajstić information content (AvgIpc) is 2.32. The highest BCUT2D eigenvalue weighted by Gasteiger charge is 2.06. The minimum atomic E-state index is -0.283. The molecule has 1 N–H and O–H groups in total. The van der Waals surface area contributed by atoms with Crippen molar-refractivity contribution in [1.82, 2.24) is 9.97 Å². The molecule has 5 heteroatoms. The van der Waals surface area contributed by atoms with Crippen LogP contribution in [0.2, 0.25) is 0 Å². The maximum Gasteiger partial charge on any atom is 0.161 e. The van der Waals surface area contributed by atoms with Crippen LogP contribution in [0.1, 0.15) is 6.92 Å². The molecule has 0 saturated carbocycles. The summed E-state index contributed by atoms with van der Waals surface area (Å²) < 4.78 is 14.1. The van der Waals surface area contributed by atoms with Gasteiger partial charge in [-0.2, -0.15) is 0 Å². The lowest BCUT2D eigenvalue weighted by Crippen LogP contribution is -2.03. The normalized spacial score (nSPS) is 10.3. The zero-order valence-electron chi connectivity index (χ0n) is 9.24. The van der Waals surface area contributed by atoms with Crippen LogP contribution in [0.15, 0.2) is 30.5 Å². The van der Waals surface area contributed by atoms with E-state index in [4.69, 9.17) is 0 Å². The molecule has 0 amide bonds. The number of anilines is 1. The third kappa shape index (κ3) is 2.91. The molecule has 17 heavy (non-hydrogen) atoms. The van der Waals surface area contributed by atoms with E-state index in [0.29, 0.717) is 11.4 Å². The van der Waals surface area contributed by atoms with Crippen molar-refractivity contribution in [2.24, 2.45) is 0 Å². The Bertz CT molecular complexity index is 531. The first-order valence-electron chi connectivity index (χ1n) is 5.23. The van der Waals surface area contributed by atoms with Gasteiger partial charge in [-0.15, -0.1) is 0 Å². The smallest absolute Gasteiger partial charge is 0.161 e. The molecule has 0 unspecified atom stereocenters. The van der Waals surface area contributed by atoms with E-state index in [1.54, 1.807) is 18.3 Å². The van der Waals surface area contributed by atoms with E-state index >= 15 is 0 Å². The zero-order valence-corrected chi connectivity index (χ0v) is 11.4. The van der Waals surface area contributed by atoms with E-state index in [0.717, 1.165) is 15.9 Å². The Morgan fingerprint density at radius 2 is 2.24 bits per heavy atom. The molecule has 0 spiro atoms. The van der Waals surface area contributed by atoms with Crippen molar-refractivity contribution < 1.29 is 4.39 Å². The predicted octanol–water partition coefficient (Wildman–Crippen LogP) is 3.32. The maximum atomic E-state index is 13.1. The van der Waals surface area contributed by atoms with Crippen LogP contribution in [-0.2, 0) is 0 Å². The number of hydrogen-bond acceptors (Lipinski definition) is 3. The van der Waals surface area contributed by atoms with Gasteiger partial charge in [-0.3, -0.25) is 0 Å². The molecule has 0 aliphatic heterocycles. The Kier molecular flexibility index (Phi) is 3.88. The van der Waals surface area contributed by atoms with Crippen LogP contribution < -0.4 is 5.32 Å². The topological polar surface area (TPSA) is 37.8 Å². The molecular formula is C12H11FIN3. The predicted molar refractivity (Wildman–Crippen MR) is 74.3 cm³/mol. The highest BCUT2D eigenvalue weighted by molar-refractivity contribution is 14.1. The lowest BCUT2D eigenvalue weighted by molar-refractivity contribution is 0.628. The maximum absolute atomic E-state index is 13.1. The summed E-state index contributed by atoms with van der Waals surface area (Å²) in [4.78, 5) is 8.58. The van der Waals surface area contributed by atoms with E-state index in [9.17, 15) is 4.39 Å². The number of rotatable bonds is 3. The van der Waals surface area contributed by atoms with E-state index in [1.807, 2.05) is 6.92 Å². The molecule has 0 aliphatic carbocycles. The van der Waals surface area contributed by atoms with Crippen LogP contribution in [-0.4, -0.2) is 16.5 Å². The molecule has 1 aromatic carbocycles. The van der Waals surface area contributed by atoms with Gasteiger partial charge in [0.05, 0.1) is 3.57 Å². The third-order valence-corrected chi connectivity index (χ3v) is 2.96. The van der Waals surface area contributed by atoms with Crippen LogP contribution >= 0.6 is 22.6 Å². The Hall–Kier alpha value is -1.24. The molecule has 3 nitrogen and oxygen atoms in total. The molecule has 1 heterocycles. The van der Waals surface area contributed by atoms with Gasteiger partial charge >= 0.3 is 0 Å². The summed E-state index contributed by atoms with van der Waals surface area (Å²) in [6.07, 6.45) is 1.73. The summed E-state index contributed by atoms with van der Waals surface area (Å²) in [7, 11) is 0. The van der Waals surface area contributed by atoms with Crippen molar-refractivity contribution in [3.63, 3.8) is 0 Å². The fraction of sp³-hybridized carbons (Fsp3) is 0.167. The van der Waals surface area contributed by atoms with Gasteiger partial charge in [0.25, 0.3) is 0 Å². The lowest BCUT2D eigenvalue weighted by atomic mass is 10.2. The zero-order chi connectivity index (χ0) is 12.3. The van der Waals surface area contributed by atoms with Gasteiger partial charge in [0.1, 0.15) is 11.6 Å². The standard InChI is InChI=1S/C12H11FIN3/c1-2-15-12-10(14)7-16-11(17-12)8-4-3-5-9(13)6-8/h3-7H,2H2,1H3,(H,15,16,17). The van der Waals surface area contributed by atoms with Crippen molar-refractivity contribution in [2.75, 3.05) is 11.9 Å². The molecule has 0 atom stereocenters. The first-order chi connectivity index (χ1) is 8.20. The molecule has 1 aromatic heterocycles. The quantitative estimate of drug-likeness (QED) is 0.869.